The van der Waals surface area contributed by atoms with Gasteiger partial charge < -0.3 is 9.64 Å². The Bertz CT molecular complexity index is 1080. The molecule has 7 heteroatoms. The first-order valence-corrected chi connectivity index (χ1v) is 11.8. The third kappa shape index (κ3) is 4.59. The Balaban J connectivity index is 1.35. The highest BCUT2D eigenvalue weighted by atomic mass is 32.2. The SMILES string of the molecule is O=C(CSc1nc(CN2CCOCC2)nc2ccccc12)N1CCCc2ccccc21. The first kappa shape index (κ1) is 20.4. The van der Waals surface area contributed by atoms with Gasteiger partial charge in [0.1, 0.15) is 10.9 Å². The molecule has 0 aliphatic carbocycles. The van der Waals surface area contributed by atoms with Gasteiger partial charge in [0.05, 0.1) is 31.0 Å². The molecule has 3 heterocycles. The number of hydrogen-bond acceptors (Lipinski definition) is 6. The molecule has 3 aromatic rings. The largest absolute Gasteiger partial charge is 0.379 e. The Labute approximate surface area is 186 Å². The maximum Gasteiger partial charge on any atom is 0.237 e. The fourth-order valence-corrected chi connectivity index (χ4v) is 5.15. The molecule has 0 N–H and O–H groups in total. The Morgan fingerprint density at radius 2 is 1.81 bits per heavy atom. The summed E-state index contributed by atoms with van der Waals surface area (Å²) in [5.74, 6) is 1.31. The van der Waals surface area contributed by atoms with Crippen LogP contribution in [-0.4, -0.2) is 59.4 Å². The van der Waals surface area contributed by atoms with Crippen LogP contribution >= 0.6 is 11.8 Å². The summed E-state index contributed by atoms with van der Waals surface area (Å²) >= 11 is 1.52. The number of nitrogens with zero attached hydrogens (tertiary/aromatic N) is 4. The van der Waals surface area contributed by atoms with Crippen molar-refractivity contribution in [3.8, 4) is 0 Å². The van der Waals surface area contributed by atoms with Gasteiger partial charge in [-0.05, 0) is 30.5 Å². The van der Waals surface area contributed by atoms with Crippen LogP contribution in [0.2, 0.25) is 0 Å². The summed E-state index contributed by atoms with van der Waals surface area (Å²) in [5.41, 5.74) is 3.24. The number of benzene rings is 2. The lowest BCUT2D eigenvalue weighted by Crippen LogP contribution is -2.36. The first-order valence-electron chi connectivity index (χ1n) is 10.8. The van der Waals surface area contributed by atoms with Crippen molar-refractivity contribution in [2.24, 2.45) is 0 Å². The summed E-state index contributed by atoms with van der Waals surface area (Å²) in [7, 11) is 0. The van der Waals surface area contributed by atoms with Crippen molar-refractivity contribution in [1.82, 2.24) is 14.9 Å². The van der Waals surface area contributed by atoms with Gasteiger partial charge in [-0.2, -0.15) is 0 Å². The third-order valence-corrected chi connectivity index (χ3v) is 6.80. The Morgan fingerprint density at radius 1 is 1.00 bits per heavy atom. The standard InChI is InChI=1S/C24H26N4O2S/c29-23(28-11-5-7-18-6-1-4-10-21(18)28)17-31-24-19-8-2-3-9-20(19)25-22(26-24)16-27-12-14-30-15-13-27/h1-4,6,8-10H,5,7,11-17H2. The van der Waals surface area contributed by atoms with Crippen LogP contribution in [0.15, 0.2) is 53.6 Å². The number of amides is 1. The molecule has 0 radical (unpaired) electrons. The van der Waals surface area contributed by atoms with Gasteiger partial charge in [-0.15, -0.1) is 0 Å². The van der Waals surface area contributed by atoms with Gasteiger partial charge in [-0.3, -0.25) is 9.69 Å². The molecule has 1 aromatic heterocycles. The van der Waals surface area contributed by atoms with Crippen LogP contribution in [0.5, 0.6) is 0 Å². The number of fused-ring (bicyclic) bond motifs is 2. The summed E-state index contributed by atoms with van der Waals surface area (Å²) in [6.07, 6.45) is 2.04. The Kier molecular flexibility index (Phi) is 6.15. The number of carbonyl (C=O) groups is 1. The van der Waals surface area contributed by atoms with E-state index in [2.05, 4.69) is 17.0 Å². The molecule has 0 atom stereocenters. The molecule has 31 heavy (non-hydrogen) atoms. The molecular weight excluding hydrogens is 408 g/mol. The average Bonchev–Trinajstić information content (AvgIpc) is 2.82. The second-order valence-corrected chi connectivity index (χ2v) is 8.88. The van der Waals surface area contributed by atoms with E-state index in [9.17, 15) is 4.79 Å². The van der Waals surface area contributed by atoms with Crippen LogP contribution in [0.1, 0.15) is 17.8 Å². The van der Waals surface area contributed by atoms with Gasteiger partial charge in [0.15, 0.2) is 0 Å². The molecule has 2 aliphatic rings. The normalized spacial score (nSPS) is 17.0. The molecule has 1 saturated heterocycles. The molecule has 0 saturated carbocycles. The number of para-hydroxylation sites is 2. The van der Waals surface area contributed by atoms with Gasteiger partial charge in [-0.25, -0.2) is 9.97 Å². The van der Waals surface area contributed by atoms with Crippen molar-refractivity contribution in [3.63, 3.8) is 0 Å². The smallest absolute Gasteiger partial charge is 0.237 e. The van der Waals surface area contributed by atoms with Crippen LogP contribution in [-0.2, 0) is 22.5 Å². The summed E-state index contributed by atoms with van der Waals surface area (Å²) in [6, 6.07) is 16.3. The molecule has 0 bridgehead atoms. The number of ether oxygens (including phenoxy) is 1. The lowest BCUT2D eigenvalue weighted by molar-refractivity contribution is -0.116. The minimum Gasteiger partial charge on any atom is -0.379 e. The lowest BCUT2D eigenvalue weighted by Gasteiger charge is -2.29. The number of aryl methyl sites for hydroxylation is 1. The summed E-state index contributed by atoms with van der Waals surface area (Å²) < 4.78 is 5.45. The average molecular weight is 435 g/mol. The molecule has 0 spiro atoms. The van der Waals surface area contributed by atoms with Crippen molar-refractivity contribution >= 4 is 34.3 Å². The molecule has 2 aliphatic heterocycles. The Morgan fingerprint density at radius 3 is 2.71 bits per heavy atom. The van der Waals surface area contributed by atoms with Crippen LogP contribution in [0.25, 0.3) is 10.9 Å². The van der Waals surface area contributed by atoms with E-state index in [4.69, 9.17) is 14.7 Å². The summed E-state index contributed by atoms with van der Waals surface area (Å²) in [4.78, 5) is 27.0. The highest BCUT2D eigenvalue weighted by Gasteiger charge is 2.23. The maximum absolute atomic E-state index is 13.1. The van der Waals surface area contributed by atoms with Gasteiger partial charge >= 0.3 is 0 Å². The number of rotatable bonds is 5. The van der Waals surface area contributed by atoms with Gasteiger partial charge in [-0.1, -0.05) is 48.2 Å². The third-order valence-electron chi connectivity index (χ3n) is 5.83. The fourth-order valence-electron chi connectivity index (χ4n) is 4.23. The van der Waals surface area contributed by atoms with Crippen molar-refractivity contribution in [2.75, 3.05) is 43.5 Å². The molecule has 5 rings (SSSR count). The zero-order chi connectivity index (χ0) is 21.0. The van der Waals surface area contributed by atoms with Crippen LogP contribution in [0.4, 0.5) is 5.69 Å². The molecule has 0 unspecified atom stereocenters. The predicted octanol–water partition coefficient (Wildman–Crippen LogP) is 3.53. The Hall–Kier alpha value is -2.48. The van der Waals surface area contributed by atoms with E-state index in [-0.39, 0.29) is 5.91 Å². The number of carbonyl (C=O) groups excluding carboxylic acids is 1. The number of anilines is 1. The van der Waals surface area contributed by atoms with E-state index in [1.807, 2.05) is 41.3 Å². The van der Waals surface area contributed by atoms with E-state index in [0.29, 0.717) is 12.3 Å². The van der Waals surface area contributed by atoms with E-state index in [1.165, 1.54) is 17.3 Å². The molecule has 1 fully saturated rings. The van der Waals surface area contributed by atoms with Crippen molar-refractivity contribution < 1.29 is 9.53 Å². The quantitative estimate of drug-likeness (QED) is 0.452. The van der Waals surface area contributed by atoms with Crippen molar-refractivity contribution in [2.45, 2.75) is 24.4 Å². The van der Waals surface area contributed by atoms with Gasteiger partial charge in [0.2, 0.25) is 5.91 Å². The van der Waals surface area contributed by atoms with Crippen LogP contribution < -0.4 is 4.90 Å². The topological polar surface area (TPSA) is 58.6 Å². The first-order chi connectivity index (χ1) is 15.3. The minimum absolute atomic E-state index is 0.134. The van der Waals surface area contributed by atoms with Gasteiger partial charge in [0, 0.05) is 30.7 Å². The highest BCUT2D eigenvalue weighted by Crippen LogP contribution is 2.30. The maximum atomic E-state index is 13.1. The zero-order valence-electron chi connectivity index (χ0n) is 17.5. The number of thioether (sulfide) groups is 1. The van der Waals surface area contributed by atoms with E-state index in [1.54, 1.807) is 0 Å². The van der Waals surface area contributed by atoms with E-state index < -0.39 is 0 Å². The van der Waals surface area contributed by atoms with Crippen LogP contribution in [0, 0.1) is 0 Å². The van der Waals surface area contributed by atoms with E-state index in [0.717, 1.165) is 73.1 Å². The second kappa shape index (κ2) is 9.34. The molecule has 1 amide bonds. The molecular formula is C24H26N4O2S. The number of hydrogen-bond donors (Lipinski definition) is 0. The van der Waals surface area contributed by atoms with Crippen LogP contribution in [0.3, 0.4) is 0 Å². The molecule has 6 nitrogen and oxygen atoms in total. The predicted molar refractivity (Wildman–Crippen MR) is 123 cm³/mol. The van der Waals surface area contributed by atoms with Crippen molar-refractivity contribution in [1.29, 1.82) is 0 Å². The van der Waals surface area contributed by atoms with E-state index >= 15 is 0 Å². The lowest BCUT2D eigenvalue weighted by atomic mass is 10.0. The summed E-state index contributed by atoms with van der Waals surface area (Å²) in [6.45, 7) is 4.78. The molecule has 2 aromatic carbocycles. The summed E-state index contributed by atoms with van der Waals surface area (Å²) in [5, 5.41) is 1.89. The number of aromatic nitrogens is 2. The molecule has 160 valence electrons. The monoisotopic (exact) mass is 434 g/mol. The highest BCUT2D eigenvalue weighted by molar-refractivity contribution is 8.00. The minimum atomic E-state index is 0.134. The second-order valence-electron chi connectivity index (χ2n) is 7.92. The fraction of sp³-hybridized carbons (Fsp3) is 0.375. The van der Waals surface area contributed by atoms with Crippen molar-refractivity contribution in [3.05, 3.63) is 59.9 Å². The zero-order valence-corrected chi connectivity index (χ0v) is 18.3. The van der Waals surface area contributed by atoms with Gasteiger partial charge in [0.25, 0.3) is 0 Å². The number of morpholine rings is 1.